The van der Waals surface area contributed by atoms with Crippen molar-refractivity contribution in [3.63, 3.8) is 0 Å². The molecule has 5 nitrogen and oxygen atoms in total. The molecule has 0 unspecified atom stereocenters. The lowest BCUT2D eigenvalue weighted by Gasteiger charge is -2.07. The summed E-state index contributed by atoms with van der Waals surface area (Å²) in [6, 6.07) is 4.44. The zero-order chi connectivity index (χ0) is 14.1. The van der Waals surface area contributed by atoms with Crippen LogP contribution in [0.5, 0.6) is 0 Å². The van der Waals surface area contributed by atoms with E-state index in [1.165, 1.54) is 18.5 Å². The Morgan fingerprint density at radius 1 is 1.15 bits per heavy atom. The molecule has 2 aromatic heterocycles. The lowest BCUT2D eigenvalue weighted by atomic mass is 10.0. The molecule has 0 saturated heterocycles. The summed E-state index contributed by atoms with van der Waals surface area (Å²) < 4.78 is 14.1. The van der Waals surface area contributed by atoms with Crippen LogP contribution in [0, 0.1) is 5.82 Å². The third kappa shape index (κ3) is 2.00. The van der Waals surface area contributed by atoms with Crippen LogP contribution in [0.1, 0.15) is 0 Å². The van der Waals surface area contributed by atoms with Gasteiger partial charge in [0.2, 0.25) is 0 Å². The van der Waals surface area contributed by atoms with Crippen LogP contribution < -0.4 is 5.73 Å². The standard InChI is InChI=1S/C13H9ClFN5/c14-8-2-1-3-9(15)10(8)11-12(19-20-13(11)16)7-4-17-6-18-5-7/h1-6H,(H3,16,19,20). The molecule has 0 bridgehead atoms. The van der Waals surface area contributed by atoms with Crippen LogP contribution in [0.4, 0.5) is 10.2 Å². The van der Waals surface area contributed by atoms with E-state index < -0.39 is 5.82 Å². The molecule has 7 heteroatoms. The van der Waals surface area contributed by atoms with Gasteiger partial charge in [-0.3, -0.25) is 5.10 Å². The van der Waals surface area contributed by atoms with Gasteiger partial charge in [0.15, 0.2) is 5.82 Å². The van der Waals surface area contributed by atoms with Crippen molar-refractivity contribution >= 4 is 17.4 Å². The molecule has 0 fully saturated rings. The number of rotatable bonds is 2. The number of nitrogen functional groups attached to an aromatic ring is 1. The summed E-state index contributed by atoms with van der Waals surface area (Å²) in [5.41, 5.74) is 7.62. The highest BCUT2D eigenvalue weighted by atomic mass is 35.5. The van der Waals surface area contributed by atoms with Gasteiger partial charge in [-0.2, -0.15) is 5.10 Å². The SMILES string of the molecule is Nc1n[nH]c(-c2cncnc2)c1-c1c(F)cccc1Cl. The maximum Gasteiger partial charge on any atom is 0.153 e. The second-order valence-electron chi connectivity index (χ2n) is 4.08. The number of hydrogen-bond donors (Lipinski definition) is 2. The predicted octanol–water partition coefficient (Wildman–Crippen LogP) is 2.91. The monoisotopic (exact) mass is 289 g/mol. The predicted molar refractivity (Wildman–Crippen MR) is 74.4 cm³/mol. The van der Waals surface area contributed by atoms with Gasteiger partial charge < -0.3 is 5.73 Å². The molecular weight excluding hydrogens is 281 g/mol. The first-order valence-electron chi connectivity index (χ1n) is 5.72. The highest BCUT2D eigenvalue weighted by Crippen LogP contribution is 2.39. The first kappa shape index (κ1) is 12.6. The van der Waals surface area contributed by atoms with Crippen molar-refractivity contribution in [2.45, 2.75) is 0 Å². The number of aromatic amines is 1. The molecule has 0 saturated carbocycles. The lowest BCUT2D eigenvalue weighted by molar-refractivity contribution is 0.631. The van der Waals surface area contributed by atoms with Crippen molar-refractivity contribution < 1.29 is 4.39 Å². The molecule has 100 valence electrons. The molecule has 3 aromatic rings. The minimum atomic E-state index is -0.469. The summed E-state index contributed by atoms with van der Waals surface area (Å²) in [6.07, 6.45) is 4.56. The molecular formula is C13H9ClFN5. The zero-order valence-electron chi connectivity index (χ0n) is 10.1. The molecule has 3 N–H and O–H groups in total. The van der Waals surface area contributed by atoms with E-state index in [1.807, 2.05) is 0 Å². The summed E-state index contributed by atoms with van der Waals surface area (Å²) in [4.78, 5) is 7.85. The van der Waals surface area contributed by atoms with E-state index in [4.69, 9.17) is 17.3 Å². The topological polar surface area (TPSA) is 80.5 Å². The zero-order valence-corrected chi connectivity index (χ0v) is 10.9. The van der Waals surface area contributed by atoms with Gasteiger partial charge in [-0.1, -0.05) is 17.7 Å². The summed E-state index contributed by atoms with van der Waals surface area (Å²) in [5.74, 6) is -0.306. The van der Waals surface area contributed by atoms with Gasteiger partial charge in [-0.05, 0) is 12.1 Å². The van der Waals surface area contributed by atoms with Crippen molar-refractivity contribution in [3.8, 4) is 22.4 Å². The molecule has 2 heterocycles. The fraction of sp³-hybridized carbons (Fsp3) is 0. The third-order valence-corrected chi connectivity index (χ3v) is 3.17. The molecule has 0 aliphatic carbocycles. The Morgan fingerprint density at radius 2 is 1.90 bits per heavy atom. The van der Waals surface area contributed by atoms with Crippen molar-refractivity contribution in [1.82, 2.24) is 20.2 Å². The number of nitrogens with one attached hydrogen (secondary N) is 1. The van der Waals surface area contributed by atoms with E-state index in [9.17, 15) is 4.39 Å². The van der Waals surface area contributed by atoms with Crippen LogP contribution in [-0.4, -0.2) is 20.2 Å². The molecule has 0 aliphatic rings. The van der Waals surface area contributed by atoms with E-state index in [-0.39, 0.29) is 16.4 Å². The quantitative estimate of drug-likeness (QED) is 0.760. The smallest absolute Gasteiger partial charge is 0.153 e. The highest BCUT2D eigenvalue weighted by Gasteiger charge is 2.20. The van der Waals surface area contributed by atoms with E-state index in [0.29, 0.717) is 16.8 Å². The maximum absolute atomic E-state index is 14.1. The molecule has 3 rings (SSSR count). The van der Waals surface area contributed by atoms with Gasteiger partial charge in [0, 0.05) is 23.5 Å². The van der Waals surface area contributed by atoms with E-state index in [1.54, 1.807) is 18.5 Å². The van der Waals surface area contributed by atoms with E-state index in [0.717, 1.165) is 0 Å². The van der Waals surface area contributed by atoms with E-state index >= 15 is 0 Å². The Bertz CT molecular complexity index is 736. The summed E-state index contributed by atoms with van der Waals surface area (Å²) in [5, 5.41) is 6.95. The van der Waals surface area contributed by atoms with Gasteiger partial charge in [0.05, 0.1) is 16.3 Å². The van der Waals surface area contributed by atoms with Gasteiger partial charge in [0.25, 0.3) is 0 Å². The van der Waals surface area contributed by atoms with Crippen molar-refractivity contribution in [2.24, 2.45) is 0 Å². The van der Waals surface area contributed by atoms with Gasteiger partial charge >= 0.3 is 0 Å². The average Bonchev–Trinajstić information content (AvgIpc) is 2.82. The fourth-order valence-corrected chi connectivity index (χ4v) is 2.24. The first-order valence-corrected chi connectivity index (χ1v) is 6.10. The average molecular weight is 290 g/mol. The fourth-order valence-electron chi connectivity index (χ4n) is 1.98. The van der Waals surface area contributed by atoms with Crippen LogP contribution in [0.3, 0.4) is 0 Å². The Kier molecular flexibility index (Phi) is 3.08. The maximum atomic E-state index is 14.1. The first-order chi connectivity index (χ1) is 9.68. The molecule has 0 spiro atoms. The van der Waals surface area contributed by atoms with E-state index in [2.05, 4.69) is 20.2 Å². The minimum absolute atomic E-state index is 0.163. The Hall–Kier alpha value is -2.47. The number of aromatic nitrogens is 4. The van der Waals surface area contributed by atoms with Crippen LogP contribution >= 0.6 is 11.6 Å². The Balaban J connectivity index is 2.28. The molecule has 20 heavy (non-hydrogen) atoms. The lowest BCUT2D eigenvalue weighted by Crippen LogP contribution is -1.93. The summed E-state index contributed by atoms with van der Waals surface area (Å²) in [7, 11) is 0. The number of hydrogen-bond acceptors (Lipinski definition) is 4. The highest BCUT2D eigenvalue weighted by molar-refractivity contribution is 6.33. The van der Waals surface area contributed by atoms with Crippen LogP contribution in [-0.2, 0) is 0 Å². The molecule has 0 atom stereocenters. The van der Waals surface area contributed by atoms with Gasteiger partial charge in [-0.25, -0.2) is 14.4 Å². The van der Waals surface area contributed by atoms with Crippen LogP contribution in [0.25, 0.3) is 22.4 Å². The normalized spacial score (nSPS) is 10.7. The number of halogens is 2. The van der Waals surface area contributed by atoms with Crippen molar-refractivity contribution in [3.05, 3.63) is 47.8 Å². The largest absolute Gasteiger partial charge is 0.382 e. The number of H-pyrrole nitrogens is 1. The van der Waals surface area contributed by atoms with Gasteiger partial charge in [-0.15, -0.1) is 0 Å². The Labute approximate surface area is 118 Å². The molecule has 0 aliphatic heterocycles. The Morgan fingerprint density at radius 3 is 2.60 bits per heavy atom. The minimum Gasteiger partial charge on any atom is -0.382 e. The molecule has 1 aromatic carbocycles. The van der Waals surface area contributed by atoms with Crippen molar-refractivity contribution in [1.29, 1.82) is 0 Å². The van der Waals surface area contributed by atoms with Crippen LogP contribution in [0.2, 0.25) is 5.02 Å². The second kappa shape index (κ2) is 4.90. The van der Waals surface area contributed by atoms with Crippen LogP contribution in [0.15, 0.2) is 36.9 Å². The molecule has 0 radical (unpaired) electrons. The number of nitrogens with zero attached hydrogens (tertiary/aromatic N) is 3. The van der Waals surface area contributed by atoms with Gasteiger partial charge in [0.1, 0.15) is 12.1 Å². The number of nitrogens with two attached hydrogens (primary N) is 1. The third-order valence-electron chi connectivity index (χ3n) is 2.86. The number of anilines is 1. The summed E-state index contributed by atoms with van der Waals surface area (Å²) >= 11 is 6.08. The van der Waals surface area contributed by atoms with Crippen molar-refractivity contribution in [2.75, 3.05) is 5.73 Å². The second-order valence-corrected chi connectivity index (χ2v) is 4.49. The summed E-state index contributed by atoms with van der Waals surface area (Å²) in [6.45, 7) is 0. The molecule has 0 amide bonds. The number of benzene rings is 1.